The van der Waals surface area contributed by atoms with Crippen LogP contribution in [0, 0.1) is 6.92 Å². The average molecular weight is 266 g/mol. The molecule has 0 fully saturated rings. The van der Waals surface area contributed by atoms with Gasteiger partial charge in [-0.1, -0.05) is 13.3 Å². The number of fused-ring (bicyclic) bond motifs is 1. The van der Waals surface area contributed by atoms with Gasteiger partial charge in [-0.3, -0.25) is 0 Å². The minimum Gasteiger partial charge on any atom is -0.306 e. The van der Waals surface area contributed by atoms with Crippen molar-refractivity contribution in [3.63, 3.8) is 0 Å². The molecular formula is C14H20ClN3. The number of pyridine rings is 1. The Labute approximate surface area is 113 Å². The molecule has 0 aliphatic carbocycles. The molecule has 0 saturated carbocycles. The highest BCUT2D eigenvalue weighted by molar-refractivity contribution is 6.16. The van der Waals surface area contributed by atoms with Crippen molar-refractivity contribution in [1.82, 2.24) is 14.5 Å². The van der Waals surface area contributed by atoms with Crippen LogP contribution in [0.15, 0.2) is 12.3 Å². The predicted molar refractivity (Wildman–Crippen MR) is 76.1 cm³/mol. The van der Waals surface area contributed by atoms with Gasteiger partial charge in [-0.25, -0.2) is 9.97 Å². The van der Waals surface area contributed by atoms with E-state index in [1.807, 2.05) is 13.1 Å². The first-order chi connectivity index (χ1) is 8.49. The number of nitrogens with zero attached hydrogens (tertiary/aromatic N) is 3. The lowest BCUT2D eigenvalue weighted by molar-refractivity contribution is 0.324. The zero-order valence-electron chi connectivity index (χ0n) is 11.5. The van der Waals surface area contributed by atoms with Gasteiger partial charge in [0, 0.05) is 11.7 Å². The summed E-state index contributed by atoms with van der Waals surface area (Å²) in [4.78, 5) is 9.15. The zero-order chi connectivity index (χ0) is 13.3. The second-order valence-corrected chi connectivity index (χ2v) is 5.68. The summed E-state index contributed by atoms with van der Waals surface area (Å²) >= 11 is 6.04. The predicted octanol–water partition coefficient (Wildman–Crippen LogP) is 4.01. The van der Waals surface area contributed by atoms with Crippen LogP contribution in [0.5, 0.6) is 0 Å². The third-order valence-corrected chi connectivity index (χ3v) is 3.53. The molecule has 0 aliphatic rings. The van der Waals surface area contributed by atoms with Crippen LogP contribution in [0.1, 0.15) is 45.0 Å². The van der Waals surface area contributed by atoms with Crippen LogP contribution in [0.2, 0.25) is 0 Å². The van der Waals surface area contributed by atoms with Crippen LogP contribution in [-0.4, -0.2) is 14.5 Å². The monoisotopic (exact) mass is 265 g/mol. The van der Waals surface area contributed by atoms with Gasteiger partial charge in [0.1, 0.15) is 11.3 Å². The summed E-state index contributed by atoms with van der Waals surface area (Å²) in [6.07, 6.45) is 4.10. The van der Waals surface area contributed by atoms with E-state index >= 15 is 0 Å². The van der Waals surface area contributed by atoms with Crippen LogP contribution in [0.25, 0.3) is 11.2 Å². The number of imidazole rings is 1. The molecule has 0 spiro atoms. The van der Waals surface area contributed by atoms with Crippen molar-refractivity contribution >= 4 is 22.8 Å². The number of hydrogen-bond acceptors (Lipinski definition) is 2. The third-order valence-electron chi connectivity index (χ3n) is 3.29. The Morgan fingerprint density at radius 2 is 2.11 bits per heavy atom. The van der Waals surface area contributed by atoms with E-state index in [0.717, 1.165) is 35.4 Å². The Hall–Kier alpha value is -1.09. The van der Waals surface area contributed by atoms with Crippen molar-refractivity contribution in [3.8, 4) is 0 Å². The van der Waals surface area contributed by atoms with Crippen LogP contribution in [0.3, 0.4) is 0 Å². The van der Waals surface area contributed by atoms with E-state index in [1.54, 1.807) is 0 Å². The average Bonchev–Trinajstić information content (AvgIpc) is 2.66. The van der Waals surface area contributed by atoms with Crippen molar-refractivity contribution < 1.29 is 0 Å². The lowest BCUT2D eigenvalue weighted by Crippen LogP contribution is -2.28. The second-order valence-electron chi connectivity index (χ2n) is 5.41. The SMILES string of the molecule is CCCC(C)(C)n1c(CCl)nc2cc(C)cnc21. The highest BCUT2D eigenvalue weighted by atomic mass is 35.5. The molecule has 3 nitrogen and oxygen atoms in total. The van der Waals surface area contributed by atoms with Gasteiger partial charge < -0.3 is 4.57 Å². The molecule has 0 saturated heterocycles. The smallest absolute Gasteiger partial charge is 0.160 e. The van der Waals surface area contributed by atoms with Gasteiger partial charge in [-0.15, -0.1) is 11.6 Å². The van der Waals surface area contributed by atoms with Crippen LogP contribution in [-0.2, 0) is 11.4 Å². The first-order valence-corrected chi connectivity index (χ1v) is 6.93. The number of aryl methyl sites for hydroxylation is 1. The number of hydrogen-bond donors (Lipinski definition) is 0. The molecule has 2 aromatic rings. The minimum absolute atomic E-state index is 0.00399. The van der Waals surface area contributed by atoms with Gasteiger partial charge in [0.15, 0.2) is 5.65 Å². The molecule has 2 rings (SSSR count). The Bertz CT molecular complexity index is 557. The van der Waals surface area contributed by atoms with Gasteiger partial charge in [-0.05, 0) is 38.8 Å². The summed E-state index contributed by atoms with van der Waals surface area (Å²) in [5.74, 6) is 1.32. The van der Waals surface area contributed by atoms with Crippen LogP contribution in [0.4, 0.5) is 0 Å². The molecule has 4 heteroatoms. The van der Waals surface area contributed by atoms with Crippen LogP contribution < -0.4 is 0 Å². The maximum atomic E-state index is 6.04. The molecule has 2 aromatic heterocycles. The Balaban J connectivity index is 2.67. The van der Waals surface area contributed by atoms with E-state index in [4.69, 9.17) is 11.6 Å². The molecule has 18 heavy (non-hydrogen) atoms. The number of halogens is 1. The first kappa shape index (κ1) is 13.3. The third kappa shape index (κ3) is 2.24. The zero-order valence-corrected chi connectivity index (χ0v) is 12.3. The molecule has 2 heterocycles. The normalized spacial score (nSPS) is 12.3. The lowest BCUT2D eigenvalue weighted by Gasteiger charge is -2.28. The van der Waals surface area contributed by atoms with Crippen molar-refractivity contribution in [1.29, 1.82) is 0 Å². The fourth-order valence-corrected chi connectivity index (χ4v) is 2.74. The summed E-state index contributed by atoms with van der Waals surface area (Å²) in [5, 5.41) is 0. The Morgan fingerprint density at radius 3 is 2.72 bits per heavy atom. The second kappa shape index (κ2) is 4.88. The van der Waals surface area contributed by atoms with Crippen molar-refractivity contribution in [3.05, 3.63) is 23.7 Å². The van der Waals surface area contributed by atoms with Gasteiger partial charge in [0.05, 0.1) is 5.88 Å². The highest BCUT2D eigenvalue weighted by Crippen LogP contribution is 2.29. The largest absolute Gasteiger partial charge is 0.306 e. The van der Waals surface area contributed by atoms with E-state index in [0.29, 0.717) is 5.88 Å². The summed E-state index contributed by atoms with van der Waals surface area (Å²) < 4.78 is 2.19. The fourth-order valence-electron chi connectivity index (χ4n) is 2.56. The molecule has 0 unspecified atom stereocenters. The summed E-state index contributed by atoms with van der Waals surface area (Å²) in [6.45, 7) is 8.66. The molecule has 98 valence electrons. The van der Waals surface area contributed by atoms with E-state index in [2.05, 4.69) is 41.4 Å². The molecule has 0 bridgehead atoms. The van der Waals surface area contributed by atoms with Crippen molar-refractivity contribution in [2.24, 2.45) is 0 Å². The van der Waals surface area contributed by atoms with Crippen LogP contribution >= 0.6 is 11.6 Å². The fraction of sp³-hybridized carbons (Fsp3) is 0.571. The van der Waals surface area contributed by atoms with Gasteiger partial charge >= 0.3 is 0 Å². The standard InChI is InChI=1S/C14H20ClN3/c1-5-6-14(3,4)18-12(8-15)17-11-7-10(2)9-16-13(11)18/h7,9H,5-6,8H2,1-4H3. The van der Waals surface area contributed by atoms with Crippen molar-refractivity contribution in [2.45, 2.75) is 52.0 Å². The Kier molecular flexibility index (Phi) is 3.62. The van der Waals surface area contributed by atoms with Gasteiger partial charge in [0.2, 0.25) is 0 Å². The molecule has 0 atom stereocenters. The summed E-state index contributed by atoms with van der Waals surface area (Å²) in [6, 6.07) is 2.07. The maximum absolute atomic E-state index is 6.04. The van der Waals surface area contributed by atoms with Crippen molar-refractivity contribution in [2.75, 3.05) is 0 Å². The summed E-state index contributed by atoms with van der Waals surface area (Å²) in [5.41, 5.74) is 3.00. The topological polar surface area (TPSA) is 30.7 Å². The number of alkyl halides is 1. The van der Waals surface area contributed by atoms with E-state index in [-0.39, 0.29) is 5.54 Å². The molecule has 0 radical (unpaired) electrons. The van der Waals surface area contributed by atoms with Gasteiger partial charge in [-0.2, -0.15) is 0 Å². The number of rotatable bonds is 4. The summed E-state index contributed by atoms with van der Waals surface area (Å²) in [7, 11) is 0. The minimum atomic E-state index is -0.00399. The molecular weight excluding hydrogens is 246 g/mol. The molecule has 0 N–H and O–H groups in total. The molecule has 0 amide bonds. The van der Waals surface area contributed by atoms with E-state index in [9.17, 15) is 0 Å². The van der Waals surface area contributed by atoms with Gasteiger partial charge in [0.25, 0.3) is 0 Å². The first-order valence-electron chi connectivity index (χ1n) is 6.40. The molecule has 0 aliphatic heterocycles. The maximum Gasteiger partial charge on any atom is 0.160 e. The van der Waals surface area contributed by atoms with E-state index < -0.39 is 0 Å². The Morgan fingerprint density at radius 1 is 1.39 bits per heavy atom. The highest BCUT2D eigenvalue weighted by Gasteiger charge is 2.25. The molecule has 0 aromatic carbocycles. The number of aromatic nitrogens is 3. The lowest BCUT2D eigenvalue weighted by atomic mass is 9.98. The quantitative estimate of drug-likeness (QED) is 0.782. The van der Waals surface area contributed by atoms with E-state index in [1.165, 1.54) is 0 Å².